The summed E-state index contributed by atoms with van der Waals surface area (Å²) >= 11 is 0. The predicted octanol–water partition coefficient (Wildman–Crippen LogP) is 4.08. The minimum absolute atomic E-state index is 0.160. The summed E-state index contributed by atoms with van der Waals surface area (Å²) in [6.45, 7) is 3.86. The summed E-state index contributed by atoms with van der Waals surface area (Å²) in [4.78, 5) is 31.1. The number of rotatable bonds is 3. The number of fused-ring (bicyclic) bond motifs is 1. The van der Waals surface area contributed by atoms with Gasteiger partial charge in [0.25, 0.3) is 11.8 Å². The molecule has 2 amide bonds. The number of hydrogen-bond acceptors (Lipinski definition) is 4. The third-order valence-electron chi connectivity index (χ3n) is 5.00. The molecule has 3 heterocycles. The number of aromatic nitrogens is 3. The van der Waals surface area contributed by atoms with E-state index in [1.165, 1.54) is 34.1 Å². The van der Waals surface area contributed by atoms with Gasteiger partial charge in [-0.25, -0.2) is 0 Å². The number of nitrogens with zero attached hydrogens (tertiary/aromatic N) is 4. The van der Waals surface area contributed by atoms with Gasteiger partial charge in [0, 0.05) is 24.6 Å². The number of hydrogen-bond donors (Lipinski definition) is 1. The Morgan fingerprint density at radius 1 is 1.16 bits per heavy atom. The number of carbonyl (C=O) groups is 2. The molecule has 3 aromatic rings. The number of nitrogens with one attached hydrogen (secondary N) is 1. The van der Waals surface area contributed by atoms with E-state index in [0.29, 0.717) is 11.3 Å². The van der Waals surface area contributed by atoms with E-state index in [0.717, 1.165) is 17.7 Å². The van der Waals surface area contributed by atoms with Crippen LogP contribution in [0.2, 0.25) is 0 Å². The van der Waals surface area contributed by atoms with Crippen molar-refractivity contribution < 1.29 is 22.8 Å². The highest BCUT2D eigenvalue weighted by Gasteiger charge is 2.35. The molecule has 0 bridgehead atoms. The maximum Gasteiger partial charge on any atom is 0.416 e. The number of anilines is 2. The van der Waals surface area contributed by atoms with E-state index < -0.39 is 23.6 Å². The second-order valence-corrected chi connectivity index (χ2v) is 7.37. The van der Waals surface area contributed by atoms with Crippen molar-refractivity contribution in [3.05, 3.63) is 71.3 Å². The highest BCUT2D eigenvalue weighted by atomic mass is 19.4. The summed E-state index contributed by atoms with van der Waals surface area (Å²) in [7, 11) is 0. The fraction of sp³-hybridized carbons (Fsp3) is 0.238. The fourth-order valence-corrected chi connectivity index (χ4v) is 3.48. The second kappa shape index (κ2) is 7.53. The first-order chi connectivity index (χ1) is 14.6. The SMILES string of the molecule is Cc1cncc(C(=O)Nc2cnn3c2C(=O)N(c2ccc(C(F)(F)F)cc2)C[C@@H]3C)c1. The van der Waals surface area contributed by atoms with Gasteiger partial charge in [-0.2, -0.15) is 18.3 Å². The van der Waals surface area contributed by atoms with Gasteiger partial charge in [0.2, 0.25) is 0 Å². The van der Waals surface area contributed by atoms with Crippen LogP contribution >= 0.6 is 0 Å². The average molecular weight is 429 g/mol. The Balaban J connectivity index is 1.63. The molecule has 0 unspecified atom stereocenters. The van der Waals surface area contributed by atoms with E-state index in [2.05, 4.69) is 15.4 Å². The number of pyridine rings is 1. The Labute approximate surface area is 175 Å². The minimum Gasteiger partial charge on any atom is -0.319 e. The Morgan fingerprint density at radius 2 is 1.87 bits per heavy atom. The Bertz CT molecular complexity index is 1150. The number of benzene rings is 1. The Kier molecular flexibility index (Phi) is 5.00. The number of alkyl halides is 3. The lowest BCUT2D eigenvalue weighted by molar-refractivity contribution is -0.137. The molecule has 160 valence electrons. The molecule has 2 aromatic heterocycles. The van der Waals surface area contributed by atoms with E-state index in [1.807, 2.05) is 6.92 Å². The molecule has 1 aromatic carbocycles. The number of amides is 2. The minimum atomic E-state index is -4.46. The molecule has 0 spiro atoms. The van der Waals surface area contributed by atoms with Gasteiger partial charge in [-0.1, -0.05) is 0 Å². The average Bonchev–Trinajstić information content (AvgIpc) is 3.14. The van der Waals surface area contributed by atoms with Crippen LogP contribution in [0.3, 0.4) is 0 Å². The van der Waals surface area contributed by atoms with Gasteiger partial charge in [0.05, 0.1) is 29.1 Å². The van der Waals surface area contributed by atoms with Crippen LogP contribution in [-0.4, -0.2) is 33.1 Å². The second-order valence-electron chi connectivity index (χ2n) is 7.37. The van der Waals surface area contributed by atoms with Crippen molar-refractivity contribution in [2.24, 2.45) is 0 Å². The summed E-state index contributed by atoms with van der Waals surface area (Å²) in [5.74, 6) is -0.910. The summed E-state index contributed by atoms with van der Waals surface area (Å²) < 4.78 is 40.1. The van der Waals surface area contributed by atoms with Gasteiger partial charge in [-0.05, 0) is 49.7 Å². The van der Waals surface area contributed by atoms with Crippen molar-refractivity contribution in [3.63, 3.8) is 0 Å². The standard InChI is InChI=1S/C21H18F3N5O2/c1-12-7-14(9-25-8-12)19(30)27-17-10-26-29-13(2)11-28(20(31)18(17)29)16-5-3-15(4-6-16)21(22,23)24/h3-10,13H,11H2,1-2H3,(H,27,30)/t13-/m0/s1. The van der Waals surface area contributed by atoms with Gasteiger partial charge < -0.3 is 10.2 Å². The van der Waals surface area contributed by atoms with E-state index in [1.54, 1.807) is 19.2 Å². The van der Waals surface area contributed by atoms with Crippen LogP contribution in [0.4, 0.5) is 24.5 Å². The van der Waals surface area contributed by atoms with E-state index in [9.17, 15) is 22.8 Å². The molecule has 0 fully saturated rings. The van der Waals surface area contributed by atoms with Gasteiger partial charge >= 0.3 is 6.18 Å². The molecule has 0 saturated carbocycles. The quantitative estimate of drug-likeness (QED) is 0.681. The normalized spacial score (nSPS) is 16.2. The van der Waals surface area contributed by atoms with Crippen LogP contribution in [0.1, 0.15) is 44.9 Å². The van der Waals surface area contributed by atoms with E-state index in [4.69, 9.17) is 0 Å². The topological polar surface area (TPSA) is 80.1 Å². The largest absolute Gasteiger partial charge is 0.416 e. The lowest BCUT2D eigenvalue weighted by atomic mass is 10.1. The molecular formula is C21H18F3N5O2. The van der Waals surface area contributed by atoms with Crippen molar-refractivity contribution in [2.45, 2.75) is 26.1 Å². The molecule has 1 N–H and O–H groups in total. The number of aryl methyl sites for hydroxylation is 1. The van der Waals surface area contributed by atoms with Crippen LogP contribution in [0, 0.1) is 6.92 Å². The van der Waals surface area contributed by atoms with Crippen molar-refractivity contribution in [1.29, 1.82) is 0 Å². The van der Waals surface area contributed by atoms with Crippen molar-refractivity contribution in [1.82, 2.24) is 14.8 Å². The van der Waals surface area contributed by atoms with Crippen LogP contribution in [0.15, 0.2) is 48.9 Å². The molecule has 0 aliphatic carbocycles. The van der Waals surface area contributed by atoms with Crippen LogP contribution in [0.25, 0.3) is 0 Å². The monoisotopic (exact) mass is 429 g/mol. The summed E-state index contributed by atoms with van der Waals surface area (Å²) in [6.07, 6.45) is -0.0392. The third kappa shape index (κ3) is 3.88. The predicted molar refractivity (Wildman–Crippen MR) is 107 cm³/mol. The molecular weight excluding hydrogens is 411 g/mol. The zero-order chi connectivity index (χ0) is 22.3. The summed E-state index contributed by atoms with van der Waals surface area (Å²) in [5.41, 5.74) is 1.06. The lowest BCUT2D eigenvalue weighted by Crippen LogP contribution is -2.43. The third-order valence-corrected chi connectivity index (χ3v) is 5.00. The van der Waals surface area contributed by atoms with Gasteiger partial charge in [0.1, 0.15) is 0 Å². The highest BCUT2D eigenvalue weighted by Crippen LogP contribution is 2.33. The maximum atomic E-state index is 13.2. The van der Waals surface area contributed by atoms with Crippen molar-refractivity contribution in [2.75, 3.05) is 16.8 Å². The van der Waals surface area contributed by atoms with Crippen molar-refractivity contribution in [3.8, 4) is 0 Å². The molecule has 0 saturated heterocycles. The lowest BCUT2D eigenvalue weighted by Gasteiger charge is -2.32. The smallest absolute Gasteiger partial charge is 0.319 e. The molecule has 1 aliphatic heterocycles. The number of carbonyl (C=O) groups excluding carboxylic acids is 2. The van der Waals surface area contributed by atoms with Gasteiger partial charge in [0.15, 0.2) is 5.69 Å². The first-order valence-corrected chi connectivity index (χ1v) is 9.45. The number of halogens is 3. The summed E-state index contributed by atoms with van der Waals surface area (Å²) in [5, 5.41) is 6.90. The van der Waals surface area contributed by atoms with Crippen LogP contribution in [-0.2, 0) is 6.18 Å². The highest BCUT2D eigenvalue weighted by molar-refractivity contribution is 6.13. The Hall–Kier alpha value is -3.69. The first-order valence-electron chi connectivity index (χ1n) is 9.45. The first kappa shape index (κ1) is 20.6. The molecule has 4 rings (SSSR count). The van der Waals surface area contributed by atoms with E-state index in [-0.39, 0.29) is 24.0 Å². The zero-order valence-electron chi connectivity index (χ0n) is 16.6. The van der Waals surface area contributed by atoms with E-state index >= 15 is 0 Å². The van der Waals surface area contributed by atoms with Crippen LogP contribution < -0.4 is 10.2 Å². The molecule has 10 heteroatoms. The van der Waals surface area contributed by atoms with Gasteiger partial charge in [-0.3, -0.25) is 19.3 Å². The molecule has 7 nitrogen and oxygen atoms in total. The summed E-state index contributed by atoms with van der Waals surface area (Å²) in [6, 6.07) is 5.81. The maximum absolute atomic E-state index is 13.2. The fourth-order valence-electron chi connectivity index (χ4n) is 3.48. The van der Waals surface area contributed by atoms with Crippen molar-refractivity contribution >= 4 is 23.2 Å². The van der Waals surface area contributed by atoms with Crippen LogP contribution in [0.5, 0.6) is 0 Å². The van der Waals surface area contributed by atoms with Gasteiger partial charge in [-0.15, -0.1) is 0 Å². The zero-order valence-corrected chi connectivity index (χ0v) is 16.6. The Morgan fingerprint density at radius 3 is 2.52 bits per heavy atom. The molecule has 0 radical (unpaired) electrons. The molecule has 1 aliphatic rings. The molecule has 31 heavy (non-hydrogen) atoms. The molecule has 1 atom stereocenters.